The van der Waals surface area contributed by atoms with Crippen molar-refractivity contribution < 1.29 is 27.2 Å². The van der Waals surface area contributed by atoms with Crippen LogP contribution in [0.25, 0.3) is 17.1 Å². The maximum absolute atomic E-state index is 13.6. The third kappa shape index (κ3) is 5.11. The van der Waals surface area contributed by atoms with Crippen LogP contribution in [-0.2, 0) is 6.18 Å². The Balaban J connectivity index is 1.35. The molecule has 3 aromatic heterocycles. The molecule has 1 aliphatic rings. The Morgan fingerprint density at radius 1 is 1.19 bits per heavy atom. The van der Waals surface area contributed by atoms with Crippen LogP contribution in [0, 0.1) is 5.92 Å². The van der Waals surface area contributed by atoms with E-state index in [1.807, 2.05) is 0 Å². The Morgan fingerprint density at radius 2 is 1.97 bits per heavy atom. The lowest BCUT2D eigenvalue weighted by atomic mass is 10.2. The number of aldehydes is 1. The number of hydrogen-bond acceptors (Lipinski definition) is 7. The molecular weight excluding hydrogens is 477 g/mol. The molecule has 5 rings (SSSR count). The lowest BCUT2D eigenvalue weighted by molar-refractivity contribution is -0.140. The fraction of sp³-hybridized carbons (Fsp3) is 0.208. The smallest absolute Gasteiger partial charge is 0.437 e. The molecular formula is C24H19F3N6O3. The molecule has 12 heteroatoms. The van der Waals surface area contributed by atoms with Gasteiger partial charge in [0.1, 0.15) is 18.4 Å². The highest BCUT2D eigenvalue weighted by molar-refractivity contribution is 6.03. The number of carbonyl (C=O) groups is 2. The molecule has 1 aliphatic carbocycles. The topological polar surface area (TPSA) is 115 Å². The van der Waals surface area contributed by atoms with Gasteiger partial charge in [-0.25, -0.2) is 14.6 Å². The maximum Gasteiger partial charge on any atom is 0.437 e. The molecule has 0 bridgehead atoms. The van der Waals surface area contributed by atoms with E-state index >= 15 is 0 Å². The number of hydrogen-bond donors (Lipinski definition) is 2. The first-order valence-electron chi connectivity index (χ1n) is 11.0. The van der Waals surface area contributed by atoms with Gasteiger partial charge in [-0.2, -0.15) is 18.3 Å². The Morgan fingerprint density at radius 3 is 2.67 bits per heavy atom. The molecule has 1 amide bonds. The van der Waals surface area contributed by atoms with Gasteiger partial charge in [0.15, 0.2) is 11.4 Å². The van der Waals surface area contributed by atoms with Crippen LogP contribution in [0.1, 0.15) is 39.4 Å². The number of amides is 1. The first kappa shape index (κ1) is 23.3. The quantitative estimate of drug-likeness (QED) is 0.336. The zero-order valence-electron chi connectivity index (χ0n) is 18.6. The van der Waals surface area contributed by atoms with Crippen molar-refractivity contribution in [1.82, 2.24) is 19.7 Å². The van der Waals surface area contributed by atoms with Crippen molar-refractivity contribution in [3.8, 4) is 17.1 Å². The molecule has 0 radical (unpaired) electrons. The fourth-order valence-electron chi connectivity index (χ4n) is 3.44. The number of rotatable bonds is 8. The standard InChI is InChI=1S/C24H19F3N6O3/c25-24(26,27)21-18(11-33(32-21)17-5-3-15(12-34)4-6-17)30-22(35)19-13-36-23(31-19)16-7-8-28-20(9-16)29-10-14-1-2-14/h3-9,11-14H,1-2,10H2,(H,28,29)(H,30,35). The van der Waals surface area contributed by atoms with E-state index in [0.29, 0.717) is 29.1 Å². The summed E-state index contributed by atoms with van der Waals surface area (Å²) in [6.45, 7) is 0.812. The van der Waals surface area contributed by atoms with Gasteiger partial charge in [-0.15, -0.1) is 0 Å². The van der Waals surface area contributed by atoms with E-state index in [-0.39, 0.29) is 17.3 Å². The number of aromatic nitrogens is 4. The van der Waals surface area contributed by atoms with E-state index in [1.165, 1.54) is 37.1 Å². The Bertz CT molecular complexity index is 1410. The van der Waals surface area contributed by atoms with E-state index in [2.05, 4.69) is 25.7 Å². The van der Waals surface area contributed by atoms with Crippen molar-refractivity contribution in [1.29, 1.82) is 0 Å². The van der Waals surface area contributed by atoms with Crippen LogP contribution in [0.15, 0.2) is 59.5 Å². The summed E-state index contributed by atoms with van der Waals surface area (Å²) < 4.78 is 47.2. The molecule has 4 aromatic rings. The molecule has 0 spiro atoms. The summed E-state index contributed by atoms with van der Waals surface area (Å²) in [5.74, 6) is 0.507. The predicted molar refractivity (Wildman–Crippen MR) is 123 cm³/mol. The average molecular weight is 496 g/mol. The van der Waals surface area contributed by atoms with Crippen molar-refractivity contribution in [2.75, 3.05) is 17.2 Å². The van der Waals surface area contributed by atoms with Crippen LogP contribution in [0.2, 0.25) is 0 Å². The van der Waals surface area contributed by atoms with Gasteiger partial charge in [0.2, 0.25) is 5.89 Å². The second-order valence-corrected chi connectivity index (χ2v) is 8.29. The molecule has 184 valence electrons. The molecule has 2 N–H and O–H groups in total. The summed E-state index contributed by atoms with van der Waals surface area (Å²) >= 11 is 0. The molecule has 0 saturated heterocycles. The van der Waals surface area contributed by atoms with Gasteiger partial charge in [-0.1, -0.05) is 0 Å². The van der Waals surface area contributed by atoms with Crippen LogP contribution in [0.4, 0.5) is 24.7 Å². The van der Waals surface area contributed by atoms with Crippen LogP contribution >= 0.6 is 0 Å². The van der Waals surface area contributed by atoms with E-state index < -0.39 is 23.5 Å². The molecule has 3 heterocycles. The van der Waals surface area contributed by atoms with Crippen molar-refractivity contribution in [2.45, 2.75) is 19.0 Å². The van der Waals surface area contributed by atoms with Crippen LogP contribution < -0.4 is 10.6 Å². The number of anilines is 2. The normalized spacial score (nSPS) is 13.4. The lowest BCUT2D eigenvalue weighted by Crippen LogP contribution is -2.16. The van der Waals surface area contributed by atoms with E-state index in [9.17, 15) is 22.8 Å². The second kappa shape index (κ2) is 9.29. The summed E-state index contributed by atoms with van der Waals surface area (Å²) in [6.07, 6.45) is 1.84. The van der Waals surface area contributed by atoms with Crippen LogP contribution in [0.3, 0.4) is 0 Å². The molecule has 9 nitrogen and oxygen atoms in total. The highest BCUT2D eigenvalue weighted by Gasteiger charge is 2.38. The number of oxazole rings is 1. The summed E-state index contributed by atoms with van der Waals surface area (Å²) in [6, 6.07) is 9.13. The molecule has 0 unspecified atom stereocenters. The van der Waals surface area contributed by atoms with Gasteiger partial charge < -0.3 is 15.1 Å². The highest BCUT2D eigenvalue weighted by Crippen LogP contribution is 2.35. The van der Waals surface area contributed by atoms with E-state index in [4.69, 9.17) is 4.42 Å². The molecule has 0 aliphatic heterocycles. The van der Waals surface area contributed by atoms with Gasteiger partial charge in [0.05, 0.1) is 17.6 Å². The predicted octanol–water partition coefficient (Wildman–Crippen LogP) is 4.83. The fourth-order valence-corrected chi connectivity index (χ4v) is 3.44. The van der Waals surface area contributed by atoms with Crippen molar-refractivity contribution in [2.24, 2.45) is 5.92 Å². The minimum absolute atomic E-state index is 0.124. The SMILES string of the molecule is O=Cc1ccc(-n2cc(NC(=O)c3coc(-c4ccnc(NCC5CC5)c4)n3)c(C(F)(F)F)n2)cc1. The third-order valence-corrected chi connectivity index (χ3v) is 5.54. The number of carbonyl (C=O) groups excluding carboxylic acids is 2. The monoisotopic (exact) mass is 496 g/mol. The summed E-state index contributed by atoms with van der Waals surface area (Å²) in [5, 5.41) is 9.03. The number of alkyl halides is 3. The summed E-state index contributed by atoms with van der Waals surface area (Å²) in [4.78, 5) is 31.9. The third-order valence-electron chi connectivity index (χ3n) is 5.54. The number of pyridine rings is 1. The van der Waals surface area contributed by atoms with Gasteiger partial charge in [-0.05, 0) is 55.2 Å². The van der Waals surface area contributed by atoms with Gasteiger partial charge in [0.25, 0.3) is 5.91 Å². The summed E-state index contributed by atoms with van der Waals surface area (Å²) in [7, 11) is 0. The van der Waals surface area contributed by atoms with E-state index in [0.717, 1.165) is 23.7 Å². The molecule has 0 atom stereocenters. The Labute approximate surface area is 202 Å². The van der Waals surface area contributed by atoms with Gasteiger partial charge in [0, 0.05) is 23.9 Å². The first-order chi connectivity index (χ1) is 17.3. The Hall–Kier alpha value is -4.48. The molecule has 1 aromatic carbocycles. The van der Waals surface area contributed by atoms with Gasteiger partial charge >= 0.3 is 6.18 Å². The lowest BCUT2D eigenvalue weighted by Gasteiger charge is -2.06. The van der Waals surface area contributed by atoms with Crippen molar-refractivity contribution in [3.63, 3.8) is 0 Å². The largest absolute Gasteiger partial charge is 0.444 e. The van der Waals surface area contributed by atoms with Crippen LogP contribution in [-0.4, -0.2) is 38.5 Å². The molecule has 36 heavy (non-hydrogen) atoms. The first-order valence-corrected chi connectivity index (χ1v) is 11.0. The van der Waals surface area contributed by atoms with Gasteiger partial charge in [-0.3, -0.25) is 9.59 Å². The number of benzene rings is 1. The minimum atomic E-state index is -4.83. The summed E-state index contributed by atoms with van der Waals surface area (Å²) in [5.41, 5.74) is -0.835. The van der Waals surface area contributed by atoms with Crippen molar-refractivity contribution >= 4 is 23.7 Å². The maximum atomic E-state index is 13.6. The van der Waals surface area contributed by atoms with E-state index in [1.54, 1.807) is 18.3 Å². The average Bonchev–Trinajstić information content (AvgIpc) is 3.38. The Kier molecular flexibility index (Phi) is 6.00. The minimum Gasteiger partial charge on any atom is -0.444 e. The zero-order valence-corrected chi connectivity index (χ0v) is 18.6. The highest BCUT2D eigenvalue weighted by atomic mass is 19.4. The molecule has 1 fully saturated rings. The number of nitrogens with one attached hydrogen (secondary N) is 2. The zero-order chi connectivity index (χ0) is 25.3. The molecule has 1 saturated carbocycles. The van der Waals surface area contributed by atoms with Crippen LogP contribution in [0.5, 0.6) is 0 Å². The second-order valence-electron chi connectivity index (χ2n) is 8.29. The van der Waals surface area contributed by atoms with Crippen molar-refractivity contribution in [3.05, 3.63) is 72.0 Å². The number of nitrogens with zero attached hydrogens (tertiary/aromatic N) is 4. The number of halogens is 3.